The Hall–Kier alpha value is -3.77. The second-order valence-corrected chi connectivity index (χ2v) is 8.27. The number of carbonyl (C=O) groups excluding carboxylic acids is 2. The molecule has 1 heterocycles. The van der Waals surface area contributed by atoms with Gasteiger partial charge in [-0.3, -0.25) is 14.5 Å². The number of nitrogens with zero attached hydrogens (tertiary/aromatic N) is 1. The van der Waals surface area contributed by atoms with E-state index >= 15 is 0 Å². The molecule has 3 aromatic carbocycles. The number of methoxy groups -OCH3 is 1. The summed E-state index contributed by atoms with van der Waals surface area (Å²) in [6.45, 7) is 4.32. The molecule has 1 saturated heterocycles. The standard InChI is InChI=1S/C27H24ClNO5/c1-4-34-20-11-9-19(10-12-20)29-24(17-7-5-6-16(2)14-17)23(26(31)27(29)32)25(30)18-8-13-22(33-3)21(28)15-18/h5-15,24,30H,4H2,1-3H3/b25-23-. The Bertz CT molecular complexity index is 1280. The minimum Gasteiger partial charge on any atom is -0.507 e. The van der Waals surface area contributed by atoms with Crippen LogP contribution in [0.3, 0.4) is 0 Å². The van der Waals surface area contributed by atoms with E-state index in [0.29, 0.717) is 34.9 Å². The maximum absolute atomic E-state index is 13.3. The molecule has 0 aromatic heterocycles. The Balaban J connectivity index is 1.90. The van der Waals surface area contributed by atoms with Gasteiger partial charge in [-0.25, -0.2) is 0 Å². The molecule has 0 saturated carbocycles. The van der Waals surface area contributed by atoms with E-state index in [0.717, 1.165) is 5.56 Å². The number of Topliss-reactive ketones (excluding diaryl/α,β-unsaturated/α-hetero) is 1. The summed E-state index contributed by atoms with van der Waals surface area (Å²) in [6.07, 6.45) is 0. The Morgan fingerprint density at radius 2 is 1.79 bits per heavy atom. The van der Waals surface area contributed by atoms with E-state index < -0.39 is 17.7 Å². The first-order valence-corrected chi connectivity index (χ1v) is 11.2. The first kappa shape index (κ1) is 23.4. The van der Waals surface area contributed by atoms with Crippen molar-refractivity contribution >= 4 is 34.7 Å². The molecule has 0 spiro atoms. The van der Waals surface area contributed by atoms with Crippen molar-refractivity contribution in [3.8, 4) is 11.5 Å². The van der Waals surface area contributed by atoms with Crippen molar-refractivity contribution < 1.29 is 24.2 Å². The van der Waals surface area contributed by atoms with Gasteiger partial charge in [-0.1, -0.05) is 41.4 Å². The molecule has 34 heavy (non-hydrogen) atoms. The normalized spacial score (nSPS) is 17.2. The predicted octanol–water partition coefficient (Wildman–Crippen LogP) is 5.68. The molecule has 1 aliphatic rings. The van der Waals surface area contributed by atoms with Crippen LogP contribution in [0.2, 0.25) is 5.02 Å². The molecule has 174 valence electrons. The van der Waals surface area contributed by atoms with Crippen LogP contribution in [-0.2, 0) is 9.59 Å². The van der Waals surface area contributed by atoms with Crippen LogP contribution in [0, 0.1) is 6.92 Å². The molecule has 0 aliphatic carbocycles. The second-order valence-electron chi connectivity index (χ2n) is 7.86. The summed E-state index contributed by atoms with van der Waals surface area (Å²) in [5.41, 5.74) is 2.49. The molecular weight excluding hydrogens is 454 g/mol. The maximum Gasteiger partial charge on any atom is 0.300 e. The van der Waals surface area contributed by atoms with E-state index in [9.17, 15) is 14.7 Å². The molecule has 0 bridgehead atoms. The molecular formula is C27H24ClNO5. The monoisotopic (exact) mass is 477 g/mol. The number of carbonyl (C=O) groups is 2. The van der Waals surface area contributed by atoms with Crippen LogP contribution >= 0.6 is 11.6 Å². The van der Waals surface area contributed by atoms with Gasteiger partial charge >= 0.3 is 0 Å². The van der Waals surface area contributed by atoms with E-state index in [1.807, 2.05) is 38.1 Å². The van der Waals surface area contributed by atoms with Crippen molar-refractivity contribution in [2.24, 2.45) is 0 Å². The Labute approximate surface area is 203 Å². The minimum absolute atomic E-state index is 0.00859. The van der Waals surface area contributed by atoms with Crippen molar-refractivity contribution in [2.45, 2.75) is 19.9 Å². The van der Waals surface area contributed by atoms with Gasteiger partial charge in [0.25, 0.3) is 11.7 Å². The zero-order valence-corrected chi connectivity index (χ0v) is 19.8. The number of amides is 1. The number of benzene rings is 3. The van der Waals surface area contributed by atoms with Crippen LogP contribution in [0.15, 0.2) is 72.3 Å². The highest BCUT2D eigenvalue weighted by atomic mass is 35.5. The second kappa shape index (κ2) is 9.61. The Morgan fingerprint density at radius 3 is 2.41 bits per heavy atom. The maximum atomic E-state index is 13.3. The SMILES string of the molecule is CCOc1ccc(N2C(=O)C(=O)/C(=C(\O)c3ccc(OC)c(Cl)c3)C2c2cccc(C)c2)cc1. The van der Waals surface area contributed by atoms with Gasteiger partial charge in [0.05, 0.1) is 30.4 Å². The number of hydrogen-bond donors (Lipinski definition) is 1. The fraction of sp³-hybridized carbons (Fsp3) is 0.185. The van der Waals surface area contributed by atoms with Gasteiger partial charge in [0.1, 0.15) is 17.3 Å². The third-order valence-electron chi connectivity index (χ3n) is 5.65. The summed E-state index contributed by atoms with van der Waals surface area (Å²) in [5.74, 6) is -0.712. The van der Waals surface area contributed by atoms with Gasteiger partial charge < -0.3 is 14.6 Å². The zero-order valence-electron chi connectivity index (χ0n) is 19.0. The lowest BCUT2D eigenvalue weighted by Crippen LogP contribution is -2.29. The summed E-state index contributed by atoms with van der Waals surface area (Å²) in [6, 6.07) is 18.3. The zero-order chi connectivity index (χ0) is 24.4. The molecule has 7 heteroatoms. The van der Waals surface area contributed by atoms with Gasteiger partial charge in [-0.05, 0) is 61.9 Å². The molecule has 1 amide bonds. The van der Waals surface area contributed by atoms with Crippen molar-refractivity contribution in [3.05, 3.63) is 94.0 Å². The number of aryl methyl sites for hydroxylation is 1. The van der Waals surface area contributed by atoms with E-state index in [2.05, 4.69) is 0 Å². The van der Waals surface area contributed by atoms with Gasteiger partial charge in [0, 0.05) is 11.3 Å². The number of aliphatic hydroxyl groups is 1. The summed E-state index contributed by atoms with van der Waals surface area (Å²) in [4.78, 5) is 27.9. The Kier molecular flexibility index (Phi) is 6.61. The lowest BCUT2D eigenvalue weighted by Gasteiger charge is -2.26. The third-order valence-corrected chi connectivity index (χ3v) is 5.95. The first-order valence-electron chi connectivity index (χ1n) is 10.8. The highest BCUT2D eigenvalue weighted by Gasteiger charge is 2.47. The van der Waals surface area contributed by atoms with Crippen molar-refractivity contribution in [1.82, 2.24) is 0 Å². The molecule has 1 aliphatic heterocycles. The molecule has 1 atom stereocenters. The lowest BCUT2D eigenvalue weighted by atomic mass is 9.94. The van der Waals surface area contributed by atoms with Crippen molar-refractivity contribution in [1.29, 1.82) is 0 Å². The molecule has 1 N–H and O–H groups in total. The quantitative estimate of drug-likeness (QED) is 0.281. The van der Waals surface area contributed by atoms with Crippen LogP contribution in [0.5, 0.6) is 11.5 Å². The van der Waals surface area contributed by atoms with Gasteiger partial charge in [-0.2, -0.15) is 0 Å². The van der Waals surface area contributed by atoms with Crippen LogP contribution in [0.25, 0.3) is 5.76 Å². The first-order chi connectivity index (χ1) is 16.3. The summed E-state index contributed by atoms with van der Waals surface area (Å²) in [7, 11) is 1.49. The number of hydrogen-bond acceptors (Lipinski definition) is 5. The van der Waals surface area contributed by atoms with Gasteiger partial charge in [0.2, 0.25) is 0 Å². The molecule has 6 nitrogen and oxygen atoms in total. The predicted molar refractivity (Wildman–Crippen MR) is 132 cm³/mol. The smallest absolute Gasteiger partial charge is 0.300 e. The average molecular weight is 478 g/mol. The number of rotatable bonds is 6. The van der Waals surface area contributed by atoms with Gasteiger partial charge in [0.15, 0.2) is 0 Å². The highest BCUT2D eigenvalue weighted by molar-refractivity contribution is 6.51. The van der Waals surface area contributed by atoms with E-state index in [1.165, 1.54) is 18.1 Å². The van der Waals surface area contributed by atoms with Crippen molar-refractivity contribution in [2.75, 3.05) is 18.6 Å². The Morgan fingerprint density at radius 1 is 1.06 bits per heavy atom. The number of aliphatic hydroxyl groups excluding tert-OH is 1. The fourth-order valence-corrected chi connectivity index (χ4v) is 4.35. The largest absolute Gasteiger partial charge is 0.507 e. The van der Waals surface area contributed by atoms with Crippen LogP contribution in [0.1, 0.15) is 29.7 Å². The number of ketones is 1. The summed E-state index contributed by atoms with van der Waals surface area (Å²) in [5, 5.41) is 11.5. The van der Waals surface area contributed by atoms with Crippen LogP contribution < -0.4 is 14.4 Å². The van der Waals surface area contributed by atoms with Crippen LogP contribution in [0.4, 0.5) is 5.69 Å². The van der Waals surface area contributed by atoms with E-state index in [-0.39, 0.29) is 16.4 Å². The van der Waals surface area contributed by atoms with E-state index in [4.69, 9.17) is 21.1 Å². The number of halogens is 1. The highest BCUT2D eigenvalue weighted by Crippen LogP contribution is 2.43. The molecule has 0 radical (unpaired) electrons. The molecule has 1 unspecified atom stereocenters. The molecule has 1 fully saturated rings. The molecule has 4 rings (SSSR count). The van der Waals surface area contributed by atoms with Gasteiger partial charge in [-0.15, -0.1) is 0 Å². The van der Waals surface area contributed by atoms with Crippen molar-refractivity contribution in [3.63, 3.8) is 0 Å². The van der Waals surface area contributed by atoms with Crippen LogP contribution in [-0.4, -0.2) is 30.5 Å². The third kappa shape index (κ3) is 4.24. The number of anilines is 1. The molecule has 3 aromatic rings. The topological polar surface area (TPSA) is 76.1 Å². The minimum atomic E-state index is -0.821. The lowest BCUT2D eigenvalue weighted by molar-refractivity contribution is -0.132. The summed E-state index contributed by atoms with van der Waals surface area (Å²) < 4.78 is 10.7. The average Bonchev–Trinajstić information content (AvgIpc) is 3.10. The number of ether oxygens (including phenoxy) is 2. The van der Waals surface area contributed by atoms with E-state index in [1.54, 1.807) is 36.4 Å². The fourth-order valence-electron chi connectivity index (χ4n) is 4.09. The summed E-state index contributed by atoms with van der Waals surface area (Å²) >= 11 is 6.25.